The average Bonchev–Trinajstić information content (AvgIpc) is 2.94. The van der Waals surface area contributed by atoms with Gasteiger partial charge in [0, 0.05) is 17.6 Å². The summed E-state index contributed by atoms with van der Waals surface area (Å²) in [5, 5.41) is 7.09. The summed E-state index contributed by atoms with van der Waals surface area (Å²) in [6.07, 6.45) is 0. The molecule has 4 atom stereocenters. The smallest absolute Gasteiger partial charge is 0.206 e. The van der Waals surface area contributed by atoms with Crippen LogP contribution < -0.4 is 10.6 Å². The van der Waals surface area contributed by atoms with E-state index in [1.54, 1.807) is 12.1 Å². The minimum Gasteiger partial charge on any atom is -0.381 e. The summed E-state index contributed by atoms with van der Waals surface area (Å²) in [6, 6.07) is 10.6. The fourth-order valence-electron chi connectivity index (χ4n) is 4.28. The zero-order chi connectivity index (χ0) is 18.5. The second-order valence-electron chi connectivity index (χ2n) is 7.52. The van der Waals surface area contributed by atoms with Gasteiger partial charge in [-0.2, -0.15) is 0 Å². The summed E-state index contributed by atoms with van der Waals surface area (Å²) in [4.78, 5) is 0.382. The van der Waals surface area contributed by atoms with E-state index in [0.717, 1.165) is 24.3 Å². The molecule has 2 aromatic rings. The van der Waals surface area contributed by atoms with Crippen molar-refractivity contribution in [1.29, 1.82) is 0 Å². The van der Waals surface area contributed by atoms with Gasteiger partial charge in [-0.15, -0.1) is 0 Å². The first-order valence-electron chi connectivity index (χ1n) is 9.00. The molecular weight excluding hydrogens is 351 g/mol. The van der Waals surface area contributed by atoms with Gasteiger partial charge in [-0.05, 0) is 73.0 Å². The largest absolute Gasteiger partial charge is 0.381 e. The van der Waals surface area contributed by atoms with E-state index in [-0.39, 0.29) is 15.7 Å². The zero-order valence-electron chi connectivity index (χ0n) is 14.9. The molecule has 26 heavy (non-hydrogen) atoms. The average molecular weight is 374 g/mol. The Morgan fingerprint density at radius 2 is 1.62 bits per heavy atom. The summed E-state index contributed by atoms with van der Waals surface area (Å²) in [6.45, 7) is 6.30. The molecule has 1 saturated heterocycles. The predicted octanol–water partition coefficient (Wildman–Crippen LogP) is 3.41. The van der Waals surface area contributed by atoms with Crippen LogP contribution in [0.5, 0.6) is 0 Å². The first kappa shape index (κ1) is 17.5. The van der Waals surface area contributed by atoms with Gasteiger partial charge < -0.3 is 10.6 Å². The van der Waals surface area contributed by atoms with Crippen molar-refractivity contribution in [2.45, 2.75) is 35.6 Å². The lowest BCUT2D eigenvalue weighted by Crippen LogP contribution is -2.32. The molecule has 2 unspecified atom stereocenters. The van der Waals surface area contributed by atoms with Gasteiger partial charge in [0.25, 0.3) is 0 Å². The highest BCUT2D eigenvalue weighted by atomic mass is 32.2. The maximum absolute atomic E-state index is 13.2. The molecule has 2 aliphatic rings. The standard InChI is InChI=1S/C20H23FN2O2S/c1-12-10-22-11-13(2)20-19(12)17-9-16(7-8-18(17)23-20)26(24,25)15-5-3-14(21)4-6-15/h3-9,12-13,19-20,22-23H,10-11H2,1-2H3/t12?,13?,19-,20+/m0/s1. The number of hydrogen-bond donors (Lipinski definition) is 2. The van der Waals surface area contributed by atoms with Gasteiger partial charge >= 0.3 is 0 Å². The van der Waals surface area contributed by atoms with Crippen LogP contribution in [-0.4, -0.2) is 27.5 Å². The molecular formula is C20H23FN2O2S. The molecule has 2 aromatic carbocycles. The zero-order valence-corrected chi connectivity index (χ0v) is 15.7. The van der Waals surface area contributed by atoms with Crippen LogP contribution in [0.2, 0.25) is 0 Å². The molecule has 0 saturated carbocycles. The van der Waals surface area contributed by atoms with Crippen LogP contribution in [0.15, 0.2) is 52.3 Å². The number of nitrogens with one attached hydrogen (secondary N) is 2. The van der Waals surface area contributed by atoms with Gasteiger partial charge in [-0.25, -0.2) is 12.8 Å². The fraction of sp³-hybridized carbons (Fsp3) is 0.400. The number of hydrogen-bond acceptors (Lipinski definition) is 4. The van der Waals surface area contributed by atoms with Gasteiger partial charge in [-0.1, -0.05) is 13.8 Å². The molecule has 4 nitrogen and oxygen atoms in total. The number of rotatable bonds is 2. The lowest BCUT2D eigenvalue weighted by Gasteiger charge is -2.26. The van der Waals surface area contributed by atoms with Crippen LogP contribution in [0.3, 0.4) is 0 Å². The van der Waals surface area contributed by atoms with E-state index in [1.807, 2.05) is 6.07 Å². The van der Waals surface area contributed by atoms with Gasteiger partial charge in [0.1, 0.15) is 5.82 Å². The van der Waals surface area contributed by atoms with Crippen LogP contribution in [0.4, 0.5) is 10.1 Å². The van der Waals surface area contributed by atoms with E-state index in [4.69, 9.17) is 0 Å². The fourth-order valence-corrected chi connectivity index (χ4v) is 5.57. The third-order valence-corrected chi connectivity index (χ3v) is 7.45. The van der Waals surface area contributed by atoms with Crippen LogP contribution in [0.25, 0.3) is 0 Å². The molecule has 0 aliphatic carbocycles. The Hall–Kier alpha value is -1.92. The van der Waals surface area contributed by atoms with Gasteiger partial charge in [0.05, 0.1) is 9.79 Å². The van der Waals surface area contributed by atoms with E-state index in [0.29, 0.717) is 17.9 Å². The number of fused-ring (bicyclic) bond motifs is 3. The Balaban J connectivity index is 1.77. The number of anilines is 1. The predicted molar refractivity (Wildman–Crippen MR) is 99.6 cm³/mol. The monoisotopic (exact) mass is 374 g/mol. The molecule has 2 aliphatic heterocycles. The number of sulfone groups is 1. The van der Waals surface area contributed by atoms with Crippen molar-refractivity contribution in [3.8, 4) is 0 Å². The maximum atomic E-state index is 13.2. The Kier molecular flexibility index (Phi) is 4.28. The van der Waals surface area contributed by atoms with Crippen molar-refractivity contribution in [3.63, 3.8) is 0 Å². The number of benzene rings is 2. The van der Waals surface area contributed by atoms with Crippen molar-refractivity contribution in [1.82, 2.24) is 5.32 Å². The minimum absolute atomic E-state index is 0.116. The van der Waals surface area contributed by atoms with Crippen LogP contribution in [0.1, 0.15) is 25.3 Å². The quantitative estimate of drug-likeness (QED) is 0.791. The van der Waals surface area contributed by atoms with E-state index in [1.165, 1.54) is 24.3 Å². The lowest BCUT2D eigenvalue weighted by atomic mass is 9.81. The molecule has 138 valence electrons. The molecule has 0 radical (unpaired) electrons. The van der Waals surface area contributed by atoms with Crippen LogP contribution in [-0.2, 0) is 9.84 Å². The highest BCUT2D eigenvalue weighted by Crippen LogP contribution is 2.45. The van der Waals surface area contributed by atoms with E-state index in [9.17, 15) is 12.8 Å². The van der Waals surface area contributed by atoms with Crippen molar-refractivity contribution in [2.75, 3.05) is 18.4 Å². The molecule has 1 fully saturated rings. The van der Waals surface area contributed by atoms with E-state index in [2.05, 4.69) is 24.5 Å². The topological polar surface area (TPSA) is 58.2 Å². The summed E-state index contributed by atoms with van der Waals surface area (Å²) in [7, 11) is -3.67. The molecule has 2 heterocycles. The summed E-state index contributed by atoms with van der Waals surface area (Å²) < 4.78 is 39.1. The molecule has 0 bridgehead atoms. The second kappa shape index (κ2) is 6.35. The molecule has 6 heteroatoms. The van der Waals surface area contributed by atoms with Gasteiger partial charge in [-0.3, -0.25) is 0 Å². The Bertz CT molecular complexity index is 927. The molecule has 0 amide bonds. The SMILES string of the molecule is CC1CNCC(C)[C@H]2c3cc(S(=O)(=O)c4ccc(F)cc4)ccc3N[C@H]12. The Morgan fingerprint density at radius 1 is 0.962 bits per heavy atom. The number of halogens is 1. The molecule has 0 spiro atoms. The Morgan fingerprint density at radius 3 is 2.35 bits per heavy atom. The maximum Gasteiger partial charge on any atom is 0.206 e. The van der Waals surface area contributed by atoms with Crippen molar-refractivity contribution < 1.29 is 12.8 Å². The summed E-state index contributed by atoms with van der Waals surface area (Å²) in [5.74, 6) is 0.689. The minimum atomic E-state index is -3.67. The lowest BCUT2D eigenvalue weighted by molar-refractivity contribution is 0.402. The third kappa shape index (κ3) is 2.81. The van der Waals surface area contributed by atoms with Crippen LogP contribution in [0, 0.1) is 17.7 Å². The van der Waals surface area contributed by atoms with Gasteiger partial charge in [0.15, 0.2) is 0 Å². The molecule has 2 N–H and O–H groups in total. The third-order valence-electron chi connectivity index (χ3n) is 5.68. The normalized spacial score (nSPS) is 28.0. The van der Waals surface area contributed by atoms with Crippen molar-refractivity contribution in [3.05, 3.63) is 53.8 Å². The highest BCUT2D eigenvalue weighted by Gasteiger charge is 2.40. The van der Waals surface area contributed by atoms with E-state index >= 15 is 0 Å². The highest BCUT2D eigenvalue weighted by molar-refractivity contribution is 7.91. The first-order chi connectivity index (χ1) is 12.4. The van der Waals surface area contributed by atoms with E-state index < -0.39 is 15.7 Å². The van der Waals surface area contributed by atoms with Crippen molar-refractivity contribution >= 4 is 15.5 Å². The van der Waals surface area contributed by atoms with Crippen LogP contribution >= 0.6 is 0 Å². The first-order valence-corrected chi connectivity index (χ1v) is 10.5. The molecule has 0 aromatic heterocycles. The Labute approximate surface area is 153 Å². The summed E-state index contributed by atoms with van der Waals surface area (Å²) >= 11 is 0. The summed E-state index contributed by atoms with van der Waals surface area (Å²) in [5.41, 5.74) is 2.10. The van der Waals surface area contributed by atoms with Crippen molar-refractivity contribution in [2.24, 2.45) is 11.8 Å². The second-order valence-corrected chi connectivity index (χ2v) is 9.46. The van der Waals surface area contributed by atoms with Gasteiger partial charge in [0.2, 0.25) is 9.84 Å². The molecule has 4 rings (SSSR count).